The van der Waals surface area contributed by atoms with Gasteiger partial charge in [0.2, 0.25) is 0 Å². The van der Waals surface area contributed by atoms with Crippen LogP contribution in [0.2, 0.25) is 0 Å². The third-order valence-electron chi connectivity index (χ3n) is 5.47. The van der Waals surface area contributed by atoms with Crippen LogP contribution in [-0.2, 0) is 17.6 Å². The van der Waals surface area contributed by atoms with E-state index in [-0.39, 0.29) is 5.91 Å². The van der Waals surface area contributed by atoms with E-state index in [0.29, 0.717) is 28.5 Å². The van der Waals surface area contributed by atoms with Crippen molar-refractivity contribution in [3.63, 3.8) is 0 Å². The lowest BCUT2D eigenvalue weighted by atomic mass is 9.89. The number of amides is 1. The first kappa shape index (κ1) is 21.1. The van der Waals surface area contributed by atoms with Crippen LogP contribution in [-0.4, -0.2) is 25.6 Å². The maximum Gasteiger partial charge on any atom is 0.341 e. The van der Waals surface area contributed by atoms with Crippen LogP contribution >= 0.6 is 11.3 Å². The highest BCUT2D eigenvalue weighted by atomic mass is 32.1. The summed E-state index contributed by atoms with van der Waals surface area (Å²) in [6.45, 7) is 2.41. The van der Waals surface area contributed by atoms with E-state index in [1.807, 2.05) is 12.3 Å². The first-order chi connectivity index (χ1) is 15.1. The third kappa shape index (κ3) is 4.49. The van der Waals surface area contributed by atoms with Gasteiger partial charge in [0.15, 0.2) is 0 Å². The third-order valence-corrected chi connectivity index (χ3v) is 6.37. The molecule has 1 aromatic heterocycles. The molecule has 5 nitrogen and oxygen atoms in total. The van der Waals surface area contributed by atoms with Crippen LogP contribution in [0.15, 0.2) is 47.8 Å². The summed E-state index contributed by atoms with van der Waals surface area (Å²) in [7, 11) is 1.35. The standard InChI is InChI=1S/C25H25NO4S/c1-3-30-20-10-6-9-19(14-20)23(27)26-24-22(25(28)29-2)21(15-31-24)18-12-11-16-7-4-5-8-17(16)13-18/h6,9-15H,3-5,7-8H2,1-2H3,(H,26,27). The number of methoxy groups -OCH3 is 1. The molecule has 0 spiro atoms. The van der Waals surface area contributed by atoms with E-state index in [2.05, 4.69) is 23.5 Å². The van der Waals surface area contributed by atoms with E-state index in [9.17, 15) is 9.59 Å². The van der Waals surface area contributed by atoms with Crippen molar-refractivity contribution in [2.24, 2.45) is 0 Å². The van der Waals surface area contributed by atoms with Gasteiger partial charge in [-0.15, -0.1) is 11.3 Å². The van der Waals surface area contributed by atoms with Crippen molar-refractivity contribution >= 4 is 28.2 Å². The highest BCUT2D eigenvalue weighted by Crippen LogP contribution is 2.38. The Hall–Kier alpha value is -3.12. The maximum atomic E-state index is 12.9. The Bertz CT molecular complexity index is 1120. The number of benzene rings is 2. The van der Waals surface area contributed by atoms with Crippen molar-refractivity contribution < 1.29 is 19.1 Å². The lowest BCUT2D eigenvalue weighted by Gasteiger charge is -2.16. The minimum atomic E-state index is -0.465. The molecule has 1 aliphatic rings. The largest absolute Gasteiger partial charge is 0.494 e. The van der Waals surface area contributed by atoms with E-state index in [0.717, 1.165) is 24.0 Å². The van der Waals surface area contributed by atoms with Crippen molar-refractivity contribution in [3.05, 3.63) is 70.1 Å². The lowest BCUT2D eigenvalue weighted by Crippen LogP contribution is -2.14. The molecule has 1 amide bonds. The second-order valence-corrected chi connectivity index (χ2v) is 8.33. The van der Waals surface area contributed by atoms with Gasteiger partial charge in [-0.3, -0.25) is 4.79 Å². The summed E-state index contributed by atoms with van der Waals surface area (Å²) in [5, 5.41) is 5.27. The molecular formula is C25H25NO4S. The summed E-state index contributed by atoms with van der Waals surface area (Å²) < 4.78 is 10.5. The monoisotopic (exact) mass is 435 g/mol. The van der Waals surface area contributed by atoms with Crippen LogP contribution in [0.5, 0.6) is 5.75 Å². The topological polar surface area (TPSA) is 64.6 Å². The molecule has 0 atom stereocenters. The first-order valence-electron chi connectivity index (χ1n) is 10.5. The Labute approximate surface area is 186 Å². The number of rotatable bonds is 6. The number of thiophene rings is 1. The van der Waals surface area contributed by atoms with Crippen LogP contribution in [0.3, 0.4) is 0 Å². The summed E-state index contributed by atoms with van der Waals surface area (Å²) >= 11 is 1.33. The van der Waals surface area contributed by atoms with Crippen LogP contribution in [0.4, 0.5) is 5.00 Å². The smallest absolute Gasteiger partial charge is 0.341 e. The molecule has 1 aliphatic carbocycles. The maximum absolute atomic E-state index is 12.9. The Kier molecular flexibility index (Phi) is 6.37. The van der Waals surface area contributed by atoms with E-state index < -0.39 is 5.97 Å². The quantitative estimate of drug-likeness (QED) is 0.502. The molecule has 31 heavy (non-hydrogen) atoms. The fraction of sp³-hybridized carbons (Fsp3) is 0.280. The van der Waals surface area contributed by atoms with Gasteiger partial charge in [0, 0.05) is 16.5 Å². The Morgan fingerprint density at radius 1 is 1.06 bits per heavy atom. The van der Waals surface area contributed by atoms with Crippen LogP contribution in [0, 0.1) is 0 Å². The van der Waals surface area contributed by atoms with E-state index in [1.54, 1.807) is 24.3 Å². The SMILES string of the molecule is CCOc1cccc(C(=O)Nc2scc(-c3ccc4c(c3)CCCC4)c2C(=O)OC)c1. The second-order valence-electron chi connectivity index (χ2n) is 7.45. The minimum absolute atomic E-state index is 0.300. The van der Waals surface area contributed by atoms with Gasteiger partial charge in [-0.25, -0.2) is 4.79 Å². The molecule has 0 fully saturated rings. The zero-order chi connectivity index (χ0) is 21.8. The average molecular weight is 436 g/mol. The molecular weight excluding hydrogens is 410 g/mol. The van der Waals surface area contributed by atoms with Gasteiger partial charge in [0.25, 0.3) is 5.91 Å². The van der Waals surface area contributed by atoms with Crippen molar-refractivity contribution in [1.82, 2.24) is 0 Å². The van der Waals surface area contributed by atoms with Crippen molar-refractivity contribution in [1.29, 1.82) is 0 Å². The summed E-state index contributed by atoms with van der Waals surface area (Å²) in [6, 6.07) is 13.4. The number of ether oxygens (including phenoxy) is 2. The van der Waals surface area contributed by atoms with Crippen molar-refractivity contribution in [3.8, 4) is 16.9 Å². The highest BCUT2D eigenvalue weighted by Gasteiger charge is 2.23. The van der Waals surface area contributed by atoms with E-state index in [1.165, 1.54) is 42.4 Å². The van der Waals surface area contributed by atoms with Gasteiger partial charge in [-0.05, 0) is 67.5 Å². The Morgan fingerprint density at radius 3 is 2.65 bits per heavy atom. The summed E-state index contributed by atoms with van der Waals surface area (Å²) in [5.41, 5.74) is 5.32. The highest BCUT2D eigenvalue weighted by molar-refractivity contribution is 7.15. The number of carbonyl (C=O) groups excluding carboxylic acids is 2. The Morgan fingerprint density at radius 2 is 1.87 bits per heavy atom. The normalized spacial score (nSPS) is 12.7. The van der Waals surface area contributed by atoms with Gasteiger partial charge in [0.05, 0.1) is 13.7 Å². The average Bonchev–Trinajstić information content (AvgIpc) is 3.22. The number of esters is 1. The van der Waals surface area contributed by atoms with Crippen molar-refractivity contribution in [2.75, 3.05) is 19.0 Å². The van der Waals surface area contributed by atoms with Crippen LogP contribution < -0.4 is 10.1 Å². The zero-order valence-electron chi connectivity index (χ0n) is 17.7. The molecule has 0 saturated heterocycles. The molecule has 0 bridgehead atoms. The van der Waals surface area contributed by atoms with Gasteiger partial charge in [-0.2, -0.15) is 0 Å². The van der Waals surface area contributed by atoms with Gasteiger partial charge in [-0.1, -0.05) is 24.3 Å². The molecule has 0 saturated carbocycles. The van der Waals surface area contributed by atoms with Crippen LogP contribution in [0.1, 0.15) is 51.6 Å². The van der Waals surface area contributed by atoms with Crippen molar-refractivity contribution in [2.45, 2.75) is 32.6 Å². The molecule has 0 aliphatic heterocycles. The molecule has 4 rings (SSSR count). The Balaban J connectivity index is 1.66. The summed E-state index contributed by atoms with van der Waals surface area (Å²) in [4.78, 5) is 25.5. The van der Waals surface area contributed by atoms with E-state index in [4.69, 9.17) is 9.47 Å². The molecule has 6 heteroatoms. The van der Waals surface area contributed by atoms with Gasteiger partial charge >= 0.3 is 5.97 Å². The molecule has 0 unspecified atom stereocenters. The predicted octanol–water partition coefficient (Wildman–Crippen LogP) is 5.73. The lowest BCUT2D eigenvalue weighted by molar-refractivity contribution is 0.0603. The molecule has 1 N–H and O–H groups in total. The molecule has 1 heterocycles. The number of aryl methyl sites for hydroxylation is 2. The number of fused-ring (bicyclic) bond motifs is 1. The fourth-order valence-electron chi connectivity index (χ4n) is 3.94. The fourth-order valence-corrected chi connectivity index (χ4v) is 4.89. The number of anilines is 1. The number of nitrogens with one attached hydrogen (secondary N) is 1. The number of carbonyl (C=O) groups is 2. The van der Waals surface area contributed by atoms with Gasteiger partial charge in [0.1, 0.15) is 16.3 Å². The summed E-state index contributed by atoms with van der Waals surface area (Å²) in [6.07, 6.45) is 4.57. The molecule has 0 radical (unpaired) electrons. The molecule has 3 aromatic rings. The number of hydrogen-bond donors (Lipinski definition) is 1. The summed E-state index contributed by atoms with van der Waals surface area (Å²) in [5.74, 6) is -0.137. The van der Waals surface area contributed by atoms with Crippen LogP contribution in [0.25, 0.3) is 11.1 Å². The minimum Gasteiger partial charge on any atom is -0.494 e. The van der Waals surface area contributed by atoms with Gasteiger partial charge < -0.3 is 14.8 Å². The first-order valence-corrected chi connectivity index (χ1v) is 11.3. The molecule has 2 aromatic carbocycles. The zero-order valence-corrected chi connectivity index (χ0v) is 18.5. The predicted molar refractivity (Wildman–Crippen MR) is 123 cm³/mol. The number of hydrogen-bond acceptors (Lipinski definition) is 5. The second kappa shape index (κ2) is 9.35. The molecule has 160 valence electrons. The van der Waals surface area contributed by atoms with E-state index >= 15 is 0 Å².